The van der Waals surface area contributed by atoms with Crippen molar-refractivity contribution in [2.24, 2.45) is 4.99 Å². The van der Waals surface area contributed by atoms with Gasteiger partial charge in [-0.05, 0) is 30.3 Å². The van der Waals surface area contributed by atoms with Gasteiger partial charge in [-0.2, -0.15) is 17.9 Å². The van der Waals surface area contributed by atoms with E-state index in [4.69, 9.17) is 11.6 Å². The summed E-state index contributed by atoms with van der Waals surface area (Å²) in [5, 5.41) is 2.43. The Kier molecular flexibility index (Phi) is 6.07. The average Bonchev–Trinajstić information content (AvgIpc) is 3.44. The smallest absolute Gasteiger partial charge is 0.289 e. The van der Waals surface area contributed by atoms with E-state index in [2.05, 4.69) is 15.1 Å². The number of nitrogens with one attached hydrogen (secondary N) is 1. The number of fused-ring (bicyclic) bond motifs is 1. The first-order chi connectivity index (χ1) is 17.2. The van der Waals surface area contributed by atoms with Gasteiger partial charge in [0, 0.05) is 22.4 Å². The molecule has 6 nitrogen and oxygen atoms in total. The fourth-order valence-electron chi connectivity index (χ4n) is 3.56. The normalized spacial score (nSPS) is 12.0. The summed E-state index contributed by atoms with van der Waals surface area (Å²) in [4.78, 5) is 34.4. The molecule has 0 fully saturated rings. The van der Waals surface area contributed by atoms with Crippen LogP contribution in [0.15, 0.2) is 82.6 Å². The lowest BCUT2D eigenvalue weighted by molar-refractivity contribution is -0.141. The molecule has 2 heterocycles. The number of benzene rings is 3. The van der Waals surface area contributed by atoms with Crippen molar-refractivity contribution >= 4 is 50.8 Å². The molecule has 5 rings (SSSR count). The number of H-pyrrole nitrogens is 1. The van der Waals surface area contributed by atoms with E-state index < -0.39 is 28.8 Å². The number of carbonyl (C=O) groups is 1. The molecule has 0 spiro atoms. The predicted octanol–water partition coefficient (Wildman–Crippen LogP) is 6.43. The van der Waals surface area contributed by atoms with Gasteiger partial charge in [-0.1, -0.05) is 65.4 Å². The lowest BCUT2D eigenvalue weighted by atomic mass is 10.0. The van der Waals surface area contributed by atoms with Crippen LogP contribution in [-0.2, 0) is 6.18 Å². The van der Waals surface area contributed by atoms with Crippen LogP contribution in [0.3, 0.4) is 0 Å². The van der Waals surface area contributed by atoms with Crippen molar-refractivity contribution in [2.45, 2.75) is 6.18 Å². The number of hydrogen-bond acceptors (Lipinski definition) is 5. The summed E-state index contributed by atoms with van der Waals surface area (Å²) >= 11 is 7.13. The topological polar surface area (TPSA) is 80.1 Å². The number of ketones is 1. The minimum atomic E-state index is -4.87. The van der Waals surface area contributed by atoms with E-state index in [1.807, 2.05) is 0 Å². The van der Waals surface area contributed by atoms with Crippen LogP contribution in [0, 0.1) is 0 Å². The number of rotatable bonds is 5. The second kappa shape index (κ2) is 9.21. The Hall–Kier alpha value is -4.02. The van der Waals surface area contributed by atoms with Crippen molar-refractivity contribution in [2.75, 3.05) is 0 Å². The predicted molar refractivity (Wildman–Crippen MR) is 133 cm³/mol. The molecule has 11 heteroatoms. The molecule has 1 N–H and O–H groups in total. The molecule has 0 aliphatic heterocycles. The van der Waals surface area contributed by atoms with Gasteiger partial charge in [0.25, 0.3) is 5.56 Å². The Morgan fingerprint density at radius 2 is 1.78 bits per heavy atom. The van der Waals surface area contributed by atoms with E-state index in [9.17, 15) is 22.8 Å². The molecular weight excluding hydrogens is 513 g/mol. The van der Waals surface area contributed by atoms with E-state index in [-0.39, 0.29) is 21.4 Å². The lowest BCUT2D eigenvalue weighted by Crippen LogP contribution is -2.17. The Labute approximate surface area is 210 Å². The zero-order valence-electron chi connectivity index (χ0n) is 18.1. The third-order valence-electron chi connectivity index (χ3n) is 5.26. The van der Waals surface area contributed by atoms with E-state index in [0.29, 0.717) is 15.8 Å². The number of hydrogen-bond donors (Lipinski definition) is 1. The summed E-state index contributed by atoms with van der Waals surface area (Å²) in [5.41, 5.74) is -1.92. The van der Waals surface area contributed by atoms with Gasteiger partial charge in [0.2, 0.25) is 5.13 Å². The number of nitrogens with zero attached hydrogens (tertiary/aromatic N) is 3. The minimum Gasteiger partial charge on any atom is -0.289 e. The van der Waals surface area contributed by atoms with Crippen LogP contribution in [0.5, 0.6) is 0 Å². The van der Waals surface area contributed by atoms with Crippen LogP contribution in [0.4, 0.5) is 18.9 Å². The molecule has 5 aromatic rings. The number of para-hydroxylation sites is 1. The van der Waals surface area contributed by atoms with Crippen molar-refractivity contribution in [1.82, 2.24) is 14.8 Å². The number of halogens is 4. The molecule has 36 heavy (non-hydrogen) atoms. The maximum Gasteiger partial charge on any atom is 0.433 e. The van der Waals surface area contributed by atoms with E-state index in [1.165, 1.54) is 18.2 Å². The number of aliphatic imine (C=N–C) groups is 1. The molecular formula is C25H14ClF3N4O2S. The van der Waals surface area contributed by atoms with Crippen LogP contribution in [0.1, 0.15) is 27.2 Å². The van der Waals surface area contributed by atoms with Crippen LogP contribution >= 0.6 is 22.9 Å². The third-order valence-corrected chi connectivity index (χ3v) is 6.51. The van der Waals surface area contributed by atoms with Crippen molar-refractivity contribution in [1.29, 1.82) is 0 Å². The summed E-state index contributed by atoms with van der Waals surface area (Å²) in [7, 11) is 0. The van der Waals surface area contributed by atoms with Gasteiger partial charge >= 0.3 is 6.18 Å². The molecule has 0 aliphatic carbocycles. The van der Waals surface area contributed by atoms with Crippen molar-refractivity contribution in [3.05, 3.63) is 111 Å². The highest BCUT2D eigenvalue weighted by atomic mass is 35.5. The maximum atomic E-state index is 13.8. The standard InChI is InChI=1S/C25H14ClF3N4O2S/c26-15-10-11-18(16(12-15)21(34)14-6-2-1-3-7-14)30-13-17-22(25(27,28)29)32-33(23(17)35)24-31-19-8-4-5-9-20(19)36-24/h1-13,32H. The van der Waals surface area contributed by atoms with Gasteiger partial charge in [0.1, 0.15) is 0 Å². The number of alkyl halides is 3. The summed E-state index contributed by atoms with van der Waals surface area (Å²) in [6.07, 6.45) is -4.07. The van der Waals surface area contributed by atoms with E-state index in [1.54, 1.807) is 54.6 Å². The first kappa shape index (κ1) is 23.7. The first-order valence-corrected chi connectivity index (χ1v) is 11.6. The second-order valence-electron chi connectivity index (χ2n) is 7.62. The Balaban J connectivity index is 1.61. The van der Waals surface area contributed by atoms with E-state index in [0.717, 1.165) is 22.2 Å². The SMILES string of the molecule is O=C(c1ccccc1)c1cc(Cl)ccc1N=Cc1c(C(F)(F)F)[nH]n(-c2nc3ccccc3s2)c1=O. The van der Waals surface area contributed by atoms with Crippen molar-refractivity contribution in [3.63, 3.8) is 0 Å². The fraction of sp³-hybridized carbons (Fsp3) is 0.0400. The highest BCUT2D eigenvalue weighted by Crippen LogP contribution is 2.31. The zero-order chi connectivity index (χ0) is 25.4. The Morgan fingerprint density at radius 3 is 2.50 bits per heavy atom. The molecule has 180 valence electrons. The Morgan fingerprint density at radius 1 is 1.06 bits per heavy atom. The number of carbonyl (C=O) groups excluding carboxylic acids is 1. The second-order valence-corrected chi connectivity index (χ2v) is 9.06. The third kappa shape index (κ3) is 4.48. The highest BCUT2D eigenvalue weighted by molar-refractivity contribution is 7.20. The molecule has 0 amide bonds. The molecule has 3 aromatic carbocycles. The Bertz CT molecular complexity index is 1650. The van der Waals surface area contributed by atoms with Crippen LogP contribution < -0.4 is 5.56 Å². The van der Waals surface area contributed by atoms with Gasteiger partial charge in [-0.25, -0.2) is 4.98 Å². The van der Waals surface area contributed by atoms with Gasteiger partial charge in [0.05, 0.1) is 21.5 Å². The quantitative estimate of drug-likeness (QED) is 0.212. The minimum absolute atomic E-state index is 0.0535. The summed E-state index contributed by atoms with van der Waals surface area (Å²) in [6.45, 7) is 0. The average molecular weight is 527 g/mol. The molecule has 0 bridgehead atoms. The largest absolute Gasteiger partial charge is 0.433 e. The van der Waals surface area contributed by atoms with E-state index >= 15 is 0 Å². The van der Waals surface area contributed by atoms with Crippen molar-refractivity contribution < 1.29 is 18.0 Å². The molecule has 0 atom stereocenters. The molecule has 0 saturated heterocycles. The zero-order valence-corrected chi connectivity index (χ0v) is 19.7. The summed E-state index contributed by atoms with van der Waals surface area (Å²) in [5.74, 6) is -0.415. The lowest BCUT2D eigenvalue weighted by Gasteiger charge is -2.06. The van der Waals surface area contributed by atoms with Crippen LogP contribution in [-0.4, -0.2) is 26.8 Å². The monoisotopic (exact) mass is 526 g/mol. The van der Waals surface area contributed by atoms with Gasteiger partial charge in [-0.3, -0.25) is 19.7 Å². The van der Waals surface area contributed by atoms with Crippen LogP contribution in [0.25, 0.3) is 15.3 Å². The molecule has 0 unspecified atom stereocenters. The van der Waals surface area contributed by atoms with Crippen LogP contribution in [0.2, 0.25) is 5.02 Å². The summed E-state index contributed by atoms with van der Waals surface area (Å²) < 4.78 is 43.0. The molecule has 0 saturated carbocycles. The molecule has 0 radical (unpaired) electrons. The highest BCUT2D eigenvalue weighted by Gasteiger charge is 2.38. The maximum absolute atomic E-state index is 13.8. The molecule has 0 aliphatic rings. The van der Waals surface area contributed by atoms with Gasteiger partial charge in [-0.15, -0.1) is 0 Å². The molecule has 2 aromatic heterocycles. The number of aromatic amines is 1. The fourth-order valence-corrected chi connectivity index (χ4v) is 4.66. The number of aromatic nitrogens is 3. The van der Waals surface area contributed by atoms with Gasteiger partial charge in [0.15, 0.2) is 11.5 Å². The first-order valence-electron chi connectivity index (χ1n) is 10.4. The van der Waals surface area contributed by atoms with Crippen molar-refractivity contribution in [3.8, 4) is 5.13 Å². The number of thiazole rings is 1. The summed E-state index contributed by atoms with van der Waals surface area (Å²) in [6, 6.07) is 19.5. The van der Waals surface area contributed by atoms with Gasteiger partial charge < -0.3 is 0 Å².